The number of rotatable bonds is 13. The molecule has 1 aromatic rings. The maximum atomic E-state index is 12.4. The van der Waals surface area contributed by atoms with Gasteiger partial charge in [0.2, 0.25) is 0 Å². The predicted molar refractivity (Wildman–Crippen MR) is 107 cm³/mol. The van der Waals surface area contributed by atoms with Crippen molar-refractivity contribution in [3.63, 3.8) is 0 Å². The molecule has 10 nitrogen and oxygen atoms in total. The third-order valence-electron chi connectivity index (χ3n) is 4.22. The van der Waals surface area contributed by atoms with Gasteiger partial charge in [0.25, 0.3) is 0 Å². The number of hydrogen-bond donors (Lipinski definition) is 3. The molecule has 0 saturated heterocycles. The summed E-state index contributed by atoms with van der Waals surface area (Å²) in [6.45, 7) is 1.32. The smallest absolute Gasteiger partial charge is 0.471 e. The Morgan fingerprint density at radius 1 is 1.06 bits per heavy atom. The van der Waals surface area contributed by atoms with Crippen LogP contribution in [0.5, 0.6) is 0 Å². The summed E-state index contributed by atoms with van der Waals surface area (Å²) < 4.78 is 41.3. The Labute approximate surface area is 187 Å². The van der Waals surface area contributed by atoms with E-state index in [2.05, 4.69) is 5.32 Å². The summed E-state index contributed by atoms with van der Waals surface area (Å²) >= 11 is 0. The Bertz CT molecular complexity index is 802. The van der Waals surface area contributed by atoms with Crippen LogP contribution in [0.4, 0.5) is 13.2 Å². The van der Waals surface area contributed by atoms with Gasteiger partial charge < -0.3 is 15.2 Å². The Morgan fingerprint density at radius 2 is 1.67 bits per heavy atom. The Kier molecular flexibility index (Phi) is 13.7. The van der Waals surface area contributed by atoms with Gasteiger partial charge in [-0.1, -0.05) is 30.3 Å². The van der Waals surface area contributed by atoms with E-state index in [0.29, 0.717) is 5.56 Å². The van der Waals surface area contributed by atoms with Gasteiger partial charge in [-0.05, 0) is 26.2 Å². The molecule has 13 heteroatoms. The summed E-state index contributed by atoms with van der Waals surface area (Å²) in [7, 11) is 0. The van der Waals surface area contributed by atoms with Crippen LogP contribution < -0.4 is 10.6 Å². The van der Waals surface area contributed by atoms with Gasteiger partial charge in [-0.25, -0.2) is 0 Å². The molecule has 0 saturated carbocycles. The molecule has 1 unspecified atom stereocenters. The number of halogens is 3. The first-order chi connectivity index (χ1) is 15.6. The molecule has 3 N–H and O–H groups in total. The number of unbranched alkanes of at least 4 members (excludes halogenated alkanes) is 1. The topological polar surface area (TPSA) is 169 Å². The van der Waals surface area contributed by atoms with Gasteiger partial charge in [0.1, 0.15) is 12.1 Å². The van der Waals surface area contributed by atoms with Gasteiger partial charge in [-0.15, -0.1) is 0 Å². The molecule has 0 aliphatic carbocycles. The van der Waals surface area contributed by atoms with E-state index in [0.717, 1.165) is 0 Å². The number of nitrogens with one attached hydrogen (secondary N) is 2. The van der Waals surface area contributed by atoms with Crippen molar-refractivity contribution in [1.29, 1.82) is 10.8 Å². The maximum absolute atomic E-state index is 12.4. The lowest BCUT2D eigenvalue weighted by Crippen LogP contribution is -2.48. The standard InChI is InChI=1S/C20H25F3N2O6.N2/c1-2-31-18(29)15(12-16(26)13-8-4-3-5-9-13)25-14(17(27)28)10-6-7-11-24-19(30)20(21,22)23;1-2/h3-5,8-9,14-15,25H,2,6-7,10-12H2,1H3,(H,24,30)(H,27,28);/t14-,15?;/m0./s1. The number of esters is 1. The van der Waals surface area contributed by atoms with Crippen LogP contribution in [0.25, 0.3) is 0 Å². The number of Topliss-reactive ketones (excluding diaryl/α,β-unsaturated/α-hetero) is 1. The SMILES string of the molecule is CCOC(=O)C(CC(=O)c1ccccc1)N[C@@H](CCCCNC(=O)C(F)(F)F)C(=O)O.N#N. The molecule has 0 spiro atoms. The Hall–Kier alpha value is -3.53. The van der Waals surface area contributed by atoms with Gasteiger partial charge in [-0.3, -0.25) is 24.5 Å². The van der Waals surface area contributed by atoms with Gasteiger partial charge in [0, 0.05) is 29.3 Å². The van der Waals surface area contributed by atoms with Crippen molar-refractivity contribution in [2.45, 2.75) is 50.9 Å². The molecule has 33 heavy (non-hydrogen) atoms. The molecule has 0 aromatic heterocycles. The summed E-state index contributed by atoms with van der Waals surface area (Å²) in [6, 6.07) is 5.70. The fraction of sp³-hybridized carbons (Fsp3) is 0.500. The zero-order valence-corrected chi connectivity index (χ0v) is 17.8. The second kappa shape index (κ2) is 15.3. The average Bonchev–Trinajstić information content (AvgIpc) is 2.78. The zero-order valence-electron chi connectivity index (χ0n) is 17.8. The minimum Gasteiger partial charge on any atom is -0.480 e. The number of carboxylic acid groups (broad SMARTS) is 1. The number of amides is 1. The molecular formula is C20H25F3N4O6. The van der Waals surface area contributed by atoms with Crippen molar-refractivity contribution in [1.82, 2.24) is 10.6 Å². The average molecular weight is 474 g/mol. The van der Waals surface area contributed by atoms with Crippen molar-refractivity contribution < 1.29 is 42.2 Å². The summed E-state index contributed by atoms with van der Waals surface area (Å²) in [6.07, 6.45) is -5.09. The molecule has 0 aliphatic heterocycles. The normalized spacial score (nSPS) is 12.4. The van der Waals surface area contributed by atoms with Crippen LogP contribution in [0.15, 0.2) is 30.3 Å². The fourth-order valence-electron chi connectivity index (χ4n) is 2.68. The molecule has 1 aromatic carbocycles. The summed E-state index contributed by atoms with van der Waals surface area (Å²) in [4.78, 5) is 47.0. The molecule has 0 fully saturated rings. The number of ketones is 1. The first-order valence-electron chi connectivity index (χ1n) is 9.85. The molecule has 0 radical (unpaired) electrons. The number of carbonyl (C=O) groups is 4. The molecule has 0 bridgehead atoms. The Balaban J connectivity index is 0.00000497. The minimum atomic E-state index is -4.98. The number of benzene rings is 1. The van der Waals surface area contributed by atoms with Crippen LogP contribution in [-0.2, 0) is 19.1 Å². The van der Waals surface area contributed by atoms with Gasteiger partial charge in [0.05, 0.1) is 6.61 Å². The molecule has 1 rings (SSSR count). The molecular weight excluding hydrogens is 449 g/mol. The quantitative estimate of drug-likeness (QED) is 0.168. The van der Waals surface area contributed by atoms with Crippen LogP contribution in [0.3, 0.4) is 0 Å². The Morgan fingerprint density at radius 3 is 2.18 bits per heavy atom. The molecule has 182 valence electrons. The van der Waals surface area contributed by atoms with Gasteiger partial charge in [0.15, 0.2) is 5.78 Å². The highest BCUT2D eigenvalue weighted by molar-refractivity contribution is 5.99. The summed E-state index contributed by atoms with van der Waals surface area (Å²) in [5.41, 5.74) is 0.353. The highest BCUT2D eigenvalue weighted by atomic mass is 19.4. The molecule has 0 heterocycles. The van der Waals surface area contributed by atoms with E-state index < -0.39 is 36.1 Å². The van der Waals surface area contributed by atoms with Crippen molar-refractivity contribution in [2.24, 2.45) is 0 Å². The summed E-state index contributed by atoms with van der Waals surface area (Å²) in [5.74, 6) is -4.52. The van der Waals surface area contributed by atoms with Crippen molar-refractivity contribution in [3.05, 3.63) is 35.9 Å². The minimum absolute atomic E-state index is 0.0349. The van der Waals surface area contributed by atoms with Crippen LogP contribution in [0.2, 0.25) is 0 Å². The largest absolute Gasteiger partial charge is 0.480 e. The van der Waals surface area contributed by atoms with Gasteiger partial charge >= 0.3 is 24.0 Å². The first-order valence-corrected chi connectivity index (χ1v) is 9.85. The number of hydrogen-bond acceptors (Lipinski definition) is 8. The lowest BCUT2D eigenvalue weighted by Gasteiger charge is -2.22. The molecule has 2 atom stereocenters. The molecule has 1 amide bonds. The lowest BCUT2D eigenvalue weighted by atomic mass is 10.0. The van der Waals surface area contributed by atoms with Crippen molar-refractivity contribution in [3.8, 4) is 0 Å². The van der Waals surface area contributed by atoms with E-state index in [-0.39, 0.29) is 44.6 Å². The highest BCUT2D eigenvalue weighted by Gasteiger charge is 2.38. The zero-order chi connectivity index (χ0) is 25.4. The van der Waals surface area contributed by atoms with Gasteiger partial charge in [-0.2, -0.15) is 13.2 Å². The number of carboxylic acids is 1. The molecule has 0 aliphatic rings. The van der Waals surface area contributed by atoms with Crippen molar-refractivity contribution in [2.75, 3.05) is 13.2 Å². The second-order valence-electron chi connectivity index (χ2n) is 6.60. The van der Waals surface area contributed by atoms with Crippen LogP contribution in [0, 0.1) is 10.8 Å². The number of aliphatic carboxylic acids is 1. The lowest BCUT2D eigenvalue weighted by molar-refractivity contribution is -0.173. The summed E-state index contributed by atoms with van der Waals surface area (Å²) in [5, 5.41) is 25.7. The third kappa shape index (κ3) is 11.6. The predicted octanol–water partition coefficient (Wildman–Crippen LogP) is 2.11. The second-order valence-corrected chi connectivity index (χ2v) is 6.60. The first kappa shape index (κ1) is 29.5. The number of nitrogens with zero attached hydrogens (tertiary/aromatic N) is 2. The van der Waals surface area contributed by atoms with E-state index in [1.165, 1.54) is 0 Å². The van der Waals surface area contributed by atoms with Crippen LogP contribution >= 0.6 is 0 Å². The fourth-order valence-corrected chi connectivity index (χ4v) is 2.68. The number of ether oxygens (including phenoxy) is 1. The monoisotopic (exact) mass is 474 g/mol. The van der Waals surface area contributed by atoms with E-state index in [1.807, 2.05) is 0 Å². The highest BCUT2D eigenvalue weighted by Crippen LogP contribution is 2.14. The maximum Gasteiger partial charge on any atom is 0.471 e. The number of alkyl halides is 3. The third-order valence-corrected chi connectivity index (χ3v) is 4.22. The number of carbonyl (C=O) groups excluding carboxylic acids is 3. The van der Waals surface area contributed by atoms with E-state index in [4.69, 9.17) is 15.5 Å². The van der Waals surface area contributed by atoms with E-state index in [1.54, 1.807) is 42.6 Å². The van der Waals surface area contributed by atoms with Crippen LogP contribution in [0.1, 0.15) is 43.0 Å². The van der Waals surface area contributed by atoms with E-state index >= 15 is 0 Å². The van der Waals surface area contributed by atoms with E-state index in [9.17, 15) is 37.5 Å². The van der Waals surface area contributed by atoms with Crippen molar-refractivity contribution >= 4 is 23.6 Å². The van der Waals surface area contributed by atoms with Crippen LogP contribution in [-0.4, -0.2) is 60.1 Å².